The molecule has 0 amide bonds. The molecule has 0 aliphatic rings. The van der Waals surface area contributed by atoms with Crippen LogP contribution >= 0.6 is 11.6 Å². The van der Waals surface area contributed by atoms with Gasteiger partial charge < -0.3 is 9.30 Å². The van der Waals surface area contributed by atoms with Gasteiger partial charge in [-0.2, -0.15) is 0 Å². The molecule has 21 heavy (non-hydrogen) atoms. The molecule has 1 aromatic heterocycles. The Kier molecular flexibility index (Phi) is 4.43. The molecule has 2 aromatic rings. The fraction of sp³-hybridized carbons (Fsp3) is 0.462. The number of hydrogen-bond acceptors (Lipinski definition) is 4. The van der Waals surface area contributed by atoms with Crippen molar-refractivity contribution in [1.82, 2.24) is 9.55 Å². The highest BCUT2D eigenvalue weighted by atomic mass is 35.5. The van der Waals surface area contributed by atoms with Crippen molar-refractivity contribution < 1.29 is 17.5 Å². The van der Waals surface area contributed by atoms with E-state index in [1.165, 1.54) is 25.5 Å². The number of ether oxygens (including phenoxy) is 1. The molecule has 0 N–H and O–H groups in total. The molecular formula is C13H16ClFN2O3S. The minimum atomic E-state index is -3.16. The van der Waals surface area contributed by atoms with Crippen LogP contribution in [-0.4, -0.2) is 37.1 Å². The number of benzene rings is 1. The van der Waals surface area contributed by atoms with Gasteiger partial charge in [-0.3, -0.25) is 0 Å². The summed E-state index contributed by atoms with van der Waals surface area (Å²) in [7, 11) is -1.80. The summed E-state index contributed by atoms with van der Waals surface area (Å²) in [4.78, 5) is 4.26. The molecule has 0 saturated heterocycles. The molecule has 0 bridgehead atoms. The lowest BCUT2D eigenvalue weighted by atomic mass is 10.2. The Morgan fingerprint density at radius 2 is 2.14 bits per heavy atom. The number of fused-ring (bicyclic) bond motifs is 1. The molecule has 1 heterocycles. The van der Waals surface area contributed by atoms with Crippen LogP contribution in [0.15, 0.2) is 12.1 Å². The quantitative estimate of drug-likeness (QED) is 0.788. The first kappa shape index (κ1) is 16.0. The molecule has 0 spiro atoms. The van der Waals surface area contributed by atoms with Gasteiger partial charge in [0, 0.05) is 24.4 Å². The van der Waals surface area contributed by atoms with Crippen LogP contribution in [-0.2, 0) is 15.7 Å². The maximum Gasteiger partial charge on any atom is 0.167 e. The topological polar surface area (TPSA) is 61.2 Å². The van der Waals surface area contributed by atoms with Gasteiger partial charge in [0.2, 0.25) is 0 Å². The van der Waals surface area contributed by atoms with Crippen molar-refractivity contribution in [3.8, 4) is 5.75 Å². The molecule has 0 radical (unpaired) electrons. The number of nitrogens with zero attached hydrogens (tertiary/aromatic N) is 2. The van der Waals surface area contributed by atoms with Gasteiger partial charge in [0.25, 0.3) is 0 Å². The Hall–Kier alpha value is -1.34. The van der Waals surface area contributed by atoms with Crippen LogP contribution in [0.25, 0.3) is 11.0 Å². The van der Waals surface area contributed by atoms with Gasteiger partial charge >= 0.3 is 0 Å². The van der Waals surface area contributed by atoms with Gasteiger partial charge in [0.15, 0.2) is 11.6 Å². The minimum absolute atomic E-state index is 0.0535. The SMILES string of the molecule is COc1cc2c(cc1F)nc(CCl)n2C(C)CS(C)(=O)=O. The molecule has 5 nitrogen and oxygen atoms in total. The van der Waals surface area contributed by atoms with Gasteiger partial charge in [-0.15, -0.1) is 11.6 Å². The highest BCUT2D eigenvalue weighted by Gasteiger charge is 2.20. The number of sulfone groups is 1. The predicted octanol–water partition coefficient (Wildman–Crippen LogP) is 2.53. The molecule has 1 atom stereocenters. The number of imidazole rings is 1. The average Bonchev–Trinajstić information content (AvgIpc) is 2.72. The van der Waals surface area contributed by atoms with Crippen molar-refractivity contribution in [2.75, 3.05) is 19.1 Å². The van der Waals surface area contributed by atoms with Crippen LogP contribution < -0.4 is 4.74 Å². The molecular weight excluding hydrogens is 319 g/mol. The molecule has 1 aromatic carbocycles. The molecule has 0 saturated carbocycles. The van der Waals surface area contributed by atoms with E-state index in [2.05, 4.69) is 4.98 Å². The molecule has 2 rings (SSSR count). The lowest BCUT2D eigenvalue weighted by Crippen LogP contribution is -2.18. The number of aromatic nitrogens is 2. The third-order valence-electron chi connectivity index (χ3n) is 3.14. The Bertz CT molecular complexity index is 773. The first-order valence-corrected chi connectivity index (χ1v) is 8.84. The highest BCUT2D eigenvalue weighted by Crippen LogP contribution is 2.28. The van der Waals surface area contributed by atoms with E-state index in [1.807, 2.05) is 0 Å². The number of halogens is 2. The van der Waals surface area contributed by atoms with Crippen molar-refractivity contribution in [3.05, 3.63) is 23.8 Å². The van der Waals surface area contributed by atoms with Crippen molar-refractivity contribution >= 4 is 32.5 Å². The fourth-order valence-corrected chi connectivity index (χ4v) is 3.62. The molecule has 116 valence electrons. The van der Waals surface area contributed by atoms with E-state index < -0.39 is 15.7 Å². The molecule has 0 aliphatic heterocycles. The maximum absolute atomic E-state index is 13.7. The van der Waals surface area contributed by atoms with Crippen LogP contribution in [0.3, 0.4) is 0 Å². The summed E-state index contributed by atoms with van der Waals surface area (Å²) in [5.41, 5.74) is 1.02. The summed E-state index contributed by atoms with van der Waals surface area (Å²) in [5.74, 6) is 0.104. The van der Waals surface area contributed by atoms with Crippen LogP contribution in [0.4, 0.5) is 4.39 Å². The van der Waals surface area contributed by atoms with E-state index in [-0.39, 0.29) is 23.4 Å². The van der Waals surface area contributed by atoms with Gasteiger partial charge in [-0.1, -0.05) is 0 Å². The van der Waals surface area contributed by atoms with Gasteiger partial charge in [-0.05, 0) is 6.92 Å². The fourth-order valence-electron chi connectivity index (χ4n) is 2.40. The first-order chi connectivity index (χ1) is 9.76. The van der Waals surface area contributed by atoms with Gasteiger partial charge in [-0.25, -0.2) is 17.8 Å². The standard InChI is InChI=1S/C13H16ClFN2O3S/c1-8(7-21(3,18)19)17-11-5-12(20-2)9(15)4-10(11)16-13(17)6-14/h4-5,8H,6-7H2,1-3H3. The summed E-state index contributed by atoms with van der Waals surface area (Å²) in [5, 5.41) is 0. The average molecular weight is 335 g/mol. The Morgan fingerprint density at radius 1 is 1.48 bits per heavy atom. The number of alkyl halides is 1. The zero-order valence-corrected chi connectivity index (χ0v) is 13.5. The Balaban J connectivity index is 2.64. The molecule has 0 aliphatic carbocycles. The third kappa shape index (κ3) is 3.29. The van der Waals surface area contributed by atoms with E-state index in [0.717, 1.165) is 0 Å². The minimum Gasteiger partial charge on any atom is -0.494 e. The monoisotopic (exact) mass is 334 g/mol. The summed E-state index contributed by atoms with van der Waals surface area (Å²) in [6.45, 7) is 1.76. The van der Waals surface area contributed by atoms with E-state index >= 15 is 0 Å². The van der Waals surface area contributed by atoms with E-state index in [0.29, 0.717) is 16.9 Å². The smallest absolute Gasteiger partial charge is 0.167 e. The zero-order chi connectivity index (χ0) is 15.8. The summed E-state index contributed by atoms with van der Waals surface area (Å²) < 4.78 is 43.4. The number of hydrogen-bond donors (Lipinski definition) is 0. The zero-order valence-electron chi connectivity index (χ0n) is 11.9. The maximum atomic E-state index is 13.7. The second-order valence-electron chi connectivity index (χ2n) is 4.95. The van der Waals surface area contributed by atoms with Gasteiger partial charge in [0.05, 0.1) is 29.8 Å². The molecule has 0 fully saturated rings. The number of rotatable bonds is 5. The summed E-state index contributed by atoms with van der Waals surface area (Å²) in [6, 6.07) is 2.40. The van der Waals surface area contributed by atoms with Crippen LogP contribution in [0.5, 0.6) is 5.75 Å². The normalized spacial score (nSPS) is 13.6. The van der Waals surface area contributed by atoms with Crippen molar-refractivity contribution in [1.29, 1.82) is 0 Å². The highest BCUT2D eigenvalue weighted by molar-refractivity contribution is 7.90. The number of methoxy groups -OCH3 is 1. The van der Waals surface area contributed by atoms with E-state index in [4.69, 9.17) is 16.3 Å². The second kappa shape index (κ2) is 5.81. The van der Waals surface area contributed by atoms with Crippen LogP contribution in [0.2, 0.25) is 0 Å². The largest absolute Gasteiger partial charge is 0.494 e. The first-order valence-electron chi connectivity index (χ1n) is 6.25. The van der Waals surface area contributed by atoms with Crippen molar-refractivity contribution in [2.45, 2.75) is 18.8 Å². The van der Waals surface area contributed by atoms with E-state index in [1.54, 1.807) is 11.5 Å². The van der Waals surface area contributed by atoms with E-state index in [9.17, 15) is 12.8 Å². The lowest BCUT2D eigenvalue weighted by Gasteiger charge is -2.16. The summed E-state index contributed by atoms with van der Waals surface area (Å²) >= 11 is 5.87. The molecule has 8 heteroatoms. The summed E-state index contributed by atoms with van der Waals surface area (Å²) in [6.07, 6.45) is 1.17. The lowest BCUT2D eigenvalue weighted by molar-refractivity contribution is 0.387. The van der Waals surface area contributed by atoms with Gasteiger partial charge in [0.1, 0.15) is 15.7 Å². The second-order valence-corrected chi connectivity index (χ2v) is 7.40. The van der Waals surface area contributed by atoms with Crippen molar-refractivity contribution in [3.63, 3.8) is 0 Å². The van der Waals surface area contributed by atoms with Crippen LogP contribution in [0.1, 0.15) is 18.8 Å². The Labute approximate surface area is 127 Å². The Morgan fingerprint density at radius 3 is 2.67 bits per heavy atom. The predicted molar refractivity (Wildman–Crippen MR) is 80.2 cm³/mol. The van der Waals surface area contributed by atoms with Crippen molar-refractivity contribution in [2.24, 2.45) is 0 Å². The van der Waals surface area contributed by atoms with Crippen LogP contribution in [0, 0.1) is 5.82 Å². The third-order valence-corrected chi connectivity index (χ3v) is 4.47. The molecule has 1 unspecified atom stereocenters.